The molecule has 0 spiro atoms. The Morgan fingerprint density at radius 1 is 1.38 bits per heavy atom. The number of thiocarbonyl (C=S) groups is 1. The van der Waals surface area contributed by atoms with E-state index >= 15 is 0 Å². The van der Waals surface area contributed by atoms with E-state index in [-0.39, 0.29) is 4.99 Å². The molecule has 0 atom stereocenters. The van der Waals surface area contributed by atoms with Gasteiger partial charge in [0, 0.05) is 0 Å². The van der Waals surface area contributed by atoms with Gasteiger partial charge in [-0.3, -0.25) is 0 Å². The number of nitriles is 1. The zero-order valence-corrected chi connectivity index (χ0v) is 11.2. The normalized spacial score (nSPS) is 21.4. The van der Waals surface area contributed by atoms with Crippen molar-refractivity contribution in [3.05, 3.63) is 11.1 Å². The highest BCUT2D eigenvalue weighted by molar-refractivity contribution is 7.80. The van der Waals surface area contributed by atoms with Gasteiger partial charge in [0.15, 0.2) is 0 Å². The molecule has 16 heavy (non-hydrogen) atoms. The van der Waals surface area contributed by atoms with E-state index in [4.69, 9.17) is 23.2 Å². The smallest absolute Gasteiger partial charge is 0.114 e. The molecule has 1 fully saturated rings. The van der Waals surface area contributed by atoms with Gasteiger partial charge in [0.25, 0.3) is 0 Å². The molecule has 1 aliphatic rings. The van der Waals surface area contributed by atoms with E-state index in [1.165, 1.54) is 0 Å². The van der Waals surface area contributed by atoms with Gasteiger partial charge in [-0.1, -0.05) is 33.0 Å². The Labute approximate surface area is 104 Å². The number of hydrogen-bond donors (Lipinski definition) is 1. The Hall–Kier alpha value is -0.880. The summed E-state index contributed by atoms with van der Waals surface area (Å²) in [6, 6.07) is 2.14. The maximum absolute atomic E-state index is 9.00. The molecule has 0 aromatic carbocycles. The maximum Gasteiger partial charge on any atom is 0.114 e. The van der Waals surface area contributed by atoms with Crippen LogP contribution in [0.5, 0.6) is 0 Å². The molecule has 0 aliphatic heterocycles. The minimum Gasteiger partial charge on any atom is -0.389 e. The Balaban J connectivity index is 2.76. The fraction of sp³-hybridized carbons (Fsp3) is 0.692. The molecule has 0 amide bonds. The van der Waals surface area contributed by atoms with Crippen LogP contribution < -0.4 is 5.73 Å². The van der Waals surface area contributed by atoms with Crippen LogP contribution in [-0.4, -0.2) is 4.99 Å². The van der Waals surface area contributed by atoms with Gasteiger partial charge in [0.1, 0.15) is 11.1 Å². The van der Waals surface area contributed by atoms with Gasteiger partial charge < -0.3 is 5.73 Å². The molecule has 2 N–H and O–H groups in total. The molecule has 1 saturated carbocycles. The van der Waals surface area contributed by atoms with Gasteiger partial charge in [-0.15, -0.1) is 0 Å². The molecular formula is C13H20N2S. The Kier molecular flexibility index (Phi) is 4.09. The molecule has 0 saturated heterocycles. The number of nitrogens with two attached hydrogens (primary N) is 1. The first kappa shape index (κ1) is 13.2. The van der Waals surface area contributed by atoms with Crippen LogP contribution in [0.4, 0.5) is 0 Å². The van der Waals surface area contributed by atoms with Crippen molar-refractivity contribution in [3.8, 4) is 6.07 Å². The topological polar surface area (TPSA) is 49.8 Å². The lowest BCUT2D eigenvalue weighted by molar-refractivity contribution is 0.197. The van der Waals surface area contributed by atoms with Crippen LogP contribution in [0.25, 0.3) is 0 Å². The van der Waals surface area contributed by atoms with Crippen molar-refractivity contribution in [2.45, 2.75) is 46.5 Å². The average Bonchev–Trinajstić information content (AvgIpc) is 2.17. The lowest BCUT2D eigenvalue weighted by atomic mass is 9.71. The summed E-state index contributed by atoms with van der Waals surface area (Å²) in [5, 5.41) is 9.00. The van der Waals surface area contributed by atoms with Crippen LogP contribution >= 0.6 is 12.2 Å². The molecule has 0 unspecified atom stereocenters. The standard InChI is InChI=1S/C13H20N2S/c1-13(2,3)10-6-4-9(5-7-10)11(8-14)12(15)16/h10H,4-7H2,1-3H3,(H2,15,16). The summed E-state index contributed by atoms with van der Waals surface area (Å²) in [6.07, 6.45) is 4.24. The molecule has 88 valence electrons. The molecule has 1 rings (SSSR count). The maximum atomic E-state index is 9.00. The predicted molar refractivity (Wildman–Crippen MR) is 70.8 cm³/mol. The van der Waals surface area contributed by atoms with Crippen molar-refractivity contribution >= 4 is 17.2 Å². The summed E-state index contributed by atoms with van der Waals surface area (Å²) >= 11 is 4.90. The Bertz CT molecular complexity index is 345. The van der Waals surface area contributed by atoms with E-state index in [0.29, 0.717) is 11.0 Å². The van der Waals surface area contributed by atoms with Gasteiger partial charge >= 0.3 is 0 Å². The fourth-order valence-corrected chi connectivity index (χ4v) is 2.58. The lowest BCUT2D eigenvalue weighted by Gasteiger charge is -2.35. The van der Waals surface area contributed by atoms with Crippen LogP contribution in [-0.2, 0) is 0 Å². The SMILES string of the molecule is CC(C)(C)C1CCC(=C(C#N)C(N)=S)CC1. The summed E-state index contributed by atoms with van der Waals surface area (Å²) in [6.45, 7) is 6.85. The van der Waals surface area contributed by atoms with Gasteiger partial charge in [-0.05, 0) is 42.6 Å². The quantitative estimate of drug-likeness (QED) is 0.431. The second kappa shape index (κ2) is 4.97. The van der Waals surface area contributed by atoms with Crippen molar-refractivity contribution in [1.29, 1.82) is 5.26 Å². The van der Waals surface area contributed by atoms with Crippen molar-refractivity contribution < 1.29 is 0 Å². The second-order valence-electron chi connectivity index (χ2n) is 5.59. The summed E-state index contributed by atoms with van der Waals surface area (Å²) in [5.74, 6) is 0.738. The molecular weight excluding hydrogens is 216 g/mol. The lowest BCUT2D eigenvalue weighted by Crippen LogP contribution is -2.24. The van der Waals surface area contributed by atoms with Crippen molar-refractivity contribution in [1.82, 2.24) is 0 Å². The molecule has 1 aliphatic carbocycles. The van der Waals surface area contributed by atoms with E-state index in [2.05, 4.69) is 26.8 Å². The van der Waals surface area contributed by atoms with Crippen molar-refractivity contribution in [2.24, 2.45) is 17.1 Å². The van der Waals surface area contributed by atoms with E-state index in [1.807, 2.05) is 0 Å². The van der Waals surface area contributed by atoms with Crippen LogP contribution in [0.15, 0.2) is 11.1 Å². The third-order valence-electron chi connectivity index (χ3n) is 3.53. The summed E-state index contributed by atoms with van der Waals surface area (Å²) in [5.41, 5.74) is 7.63. The van der Waals surface area contributed by atoms with Crippen LogP contribution in [0.2, 0.25) is 0 Å². The molecule has 0 heterocycles. The van der Waals surface area contributed by atoms with Crippen LogP contribution in [0.3, 0.4) is 0 Å². The molecule has 0 bridgehead atoms. The van der Waals surface area contributed by atoms with Gasteiger partial charge in [0.2, 0.25) is 0 Å². The number of hydrogen-bond acceptors (Lipinski definition) is 2. The predicted octanol–water partition coefficient (Wildman–Crippen LogP) is 3.33. The fourth-order valence-electron chi connectivity index (χ4n) is 2.39. The number of nitrogens with zero attached hydrogens (tertiary/aromatic N) is 1. The molecule has 0 radical (unpaired) electrons. The minimum absolute atomic E-state index is 0.256. The van der Waals surface area contributed by atoms with E-state index in [0.717, 1.165) is 37.2 Å². The highest BCUT2D eigenvalue weighted by Gasteiger charge is 2.28. The molecule has 2 nitrogen and oxygen atoms in total. The zero-order chi connectivity index (χ0) is 12.3. The molecule has 0 aromatic heterocycles. The van der Waals surface area contributed by atoms with Gasteiger partial charge in [-0.25, -0.2) is 0 Å². The van der Waals surface area contributed by atoms with Crippen molar-refractivity contribution in [3.63, 3.8) is 0 Å². The first-order valence-electron chi connectivity index (χ1n) is 5.78. The number of allylic oxidation sites excluding steroid dienone is 1. The first-order chi connectivity index (χ1) is 7.36. The van der Waals surface area contributed by atoms with Gasteiger partial charge in [0.05, 0.1) is 5.57 Å². The van der Waals surface area contributed by atoms with Crippen LogP contribution in [0.1, 0.15) is 46.5 Å². The third-order valence-corrected chi connectivity index (χ3v) is 3.73. The molecule has 3 heteroatoms. The average molecular weight is 236 g/mol. The Morgan fingerprint density at radius 3 is 2.19 bits per heavy atom. The van der Waals surface area contributed by atoms with Crippen molar-refractivity contribution in [2.75, 3.05) is 0 Å². The van der Waals surface area contributed by atoms with E-state index < -0.39 is 0 Å². The summed E-state index contributed by atoms with van der Waals surface area (Å²) in [4.78, 5) is 0.256. The summed E-state index contributed by atoms with van der Waals surface area (Å²) < 4.78 is 0. The largest absolute Gasteiger partial charge is 0.389 e. The monoisotopic (exact) mass is 236 g/mol. The minimum atomic E-state index is 0.256. The van der Waals surface area contributed by atoms with Crippen LogP contribution in [0, 0.1) is 22.7 Å². The second-order valence-corrected chi connectivity index (χ2v) is 6.03. The summed E-state index contributed by atoms with van der Waals surface area (Å²) in [7, 11) is 0. The zero-order valence-electron chi connectivity index (χ0n) is 10.3. The third kappa shape index (κ3) is 3.05. The number of rotatable bonds is 1. The van der Waals surface area contributed by atoms with E-state index in [1.54, 1.807) is 0 Å². The van der Waals surface area contributed by atoms with E-state index in [9.17, 15) is 0 Å². The first-order valence-corrected chi connectivity index (χ1v) is 6.19. The highest BCUT2D eigenvalue weighted by Crippen LogP contribution is 2.40. The molecule has 0 aromatic rings. The Morgan fingerprint density at radius 2 is 1.88 bits per heavy atom. The highest BCUT2D eigenvalue weighted by atomic mass is 32.1. The van der Waals surface area contributed by atoms with Gasteiger partial charge in [-0.2, -0.15) is 5.26 Å².